The highest BCUT2D eigenvalue weighted by atomic mass is 32.2. The van der Waals surface area contributed by atoms with E-state index in [1.165, 1.54) is 7.11 Å². The van der Waals surface area contributed by atoms with E-state index < -0.39 is 22.0 Å². The van der Waals surface area contributed by atoms with E-state index in [1.807, 2.05) is 13.8 Å². The molecule has 0 saturated heterocycles. The number of nitrogens with one attached hydrogen (secondary N) is 2. The lowest BCUT2D eigenvalue weighted by Gasteiger charge is -2.30. The first-order valence-electron chi connectivity index (χ1n) is 9.92. The first-order chi connectivity index (χ1) is 14.6. The number of methoxy groups -OCH3 is 1. The maximum Gasteiger partial charge on any atom is 0.253 e. The molecule has 2 amide bonds. The third kappa shape index (κ3) is 6.21. The molecule has 0 aliphatic rings. The lowest BCUT2D eigenvalue weighted by Crippen LogP contribution is -2.47. The van der Waals surface area contributed by atoms with E-state index in [1.54, 1.807) is 55.5 Å². The summed E-state index contributed by atoms with van der Waals surface area (Å²) in [7, 11) is -2.32. The van der Waals surface area contributed by atoms with E-state index in [0.717, 1.165) is 10.6 Å². The molecule has 0 spiro atoms. The van der Waals surface area contributed by atoms with Gasteiger partial charge in [-0.2, -0.15) is 0 Å². The van der Waals surface area contributed by atoms with Crippen molar-refractivity contribution in [2.75, 3.05) is 23.0 Å². The van der Waals surface area contributed by atoms with Gasteiger partial charge in [0.05, 0.1) is 30.3 Å². The van der Waals surface area contributed by atoms with Crippen LogP contribution in [0.2, 0.25) is 0 Å². The van der Waals surface area contributed by atoms with Crippen molar-refractivity contribution >= 4 is 33.2 Å². The molecular formula is C22H29N3O5S. The first-order valence-corrected chi connectivity index (χ1v) is 11.8. The molecule has 168 valence electrons. The fourth-order valence-corrected chi connectivity index (χ4v) is 4.36. The van der Waals surface area contributed by atoms with E-state index in [-0.39, 0.29) is 18.4 Å². The number of anilines is 2. The van der Waals surface area contributed by atoms with Gasteiger partial charge in [0.25, 0.3) is 5.91 Å². The molecule has 0 unspecified atom stereocenters. The normalized spacial score (nSPS) is 12.2. The Hall–Kier alpha value is -3.07. The molecule has 0 fully saturated rings. The second-order valence-corrected chi connectivity index (χ2v) is 9.21. The summed E-state index contributed by atoms with van der Waals surface area (Å²) in [4.78, 5) is 25.7. The van der Waals surface area contributed by atoms with Crippen molar-refractivity contribution in [1.29, 1.82) is 0 Å². The highest BCUT2D eigenvalue weighted by Crippen LogP contribution is 2.27. The summed E-state index contributed by atoms with van der Waals surface area (Å²) < 4.78 is 31.5. The van der Waals surface area contributed by atoms with Gasteiger partial charge in [-0.1, -0.05) is 25.1 Å². The first kappa shape index (κ1) is 24.2. The molecule has 0 heterocycles. The standard InChI is InChI=1S/C22H29N3O5S/c1-6-20(25(31(5,28)29)16-10-9-11-17(14-16)30-4)22(27)24-19-13-8-7-12-18(19)21(26)23-15(2)3/h7-15,20H,6H2,1-5H3,(H,23,26)(H,24,27)/t20-/m0/s1. The molecule has 1 atom stereocenters. The van der Waals surface area contributed by atoms with E-state index >= 15 is 0 Å². The van der Waals surface area contributed by atoms with E-state index in [9.17, 15) is 18.0 Å². The van der Waals surface area contributed by atoms with Gasteiger partial charge < -0.3 is 15.4 Å². The average molecular weight is 448 g/mol. The second-order valence-electron chi connectivity index (χ2n) is 7.35. The third-order valence-corrected chi connectivity index (χ3v) is 5.67. The number of amides is 2. The zero-order valence-electron chi connectivity index (χ0n) is 18.4. The Morgan fingerprint density at radius 1 is 1.10 bits per heavy atom. The van der Waals surface area contributed by atoms with Crippen molar-refractivity contribution in [3.8, 4) is 5.75 Å². The summed E-state index contributed by atoms with van der Waals surface area (Å²) >= 11 is 0. The van der Waals surface area contributed by atoms with Gasteiger partial charge in [0.2, 0.25) is 15.9 Å². The van der Waals surface area contributed by atoms with E-state index in [0.29, 0.717) is 22.7 Å². The van der Waals surface area contributed by atoms with Gasteiger partial charge >= 0.3 is 0 Å². The Labute approximate surface area is 183 Å². The van der Waals surface area contributed by atoms with Crippen LogP contribution >= 0.6 is 0 Å². The highest BCUT2D eigenvalue weighted by molar-refractivity contribution is 7.92. The van der Waals surface area contributed by atoms with Crippen molar-refractivity contribution in [2.24, 2.45) is 0 Å². The van der Waals surface area contributed by atoms with Gasteiger partial charge in [-0.05, 0) is 44.5 Å². The highest BCUT2D eigenvalue weighted by Gasteiger charge is 2.32. The minimum Gasteiger partial charge on any atom is -0.497 e. The molecular weight excluding hydrogens is 418 g/mol. The lowest BCUT2D eigenvalue weighted by molar-refractivity contribution is -0.117. The number of rotatable bonds is 9. The zero-order valence-corrected chi connectivity index (χ0v) is 19.2. The molecule has 2 aromatic rings. The Morgan fingerprint density at radius 2 is 1.77 bits per heavy atom. The third-order valence-electron chi connectivity index (χ3n) is 4.49. The molecule has 8 nitrogen and oxygen atoms in total. The number of sulfonamides is 1. The summed E-state index contributed by atoms with van der Waals surface area (Å²) in [6.45, 7) is 5.40. The van der Waals surface area contributed by atoms with Gasteiger partial charge in [0.15, 0.2) is 0 Å². The van der Waals surface area contributed by atoms with Gasteiger partial charge in [0, 0.05) is 12.1 Å². The van der Waals surface area contributed by atoms with Crippen LogP contribution in [0, 0.1) is 0 Å². The summed E-state index contributed by atoms with van der Waals surface area (Å²) in [5.41, 5.74) is 0.921. The van der Waals surface area contributed by atoms with Crippen LogP contribution < -0.4 is 19.7 Å². The molecule has 2 N–H and O–H groups in total. The number of hydrogen-bond acceptors (Lipinski definition) is 5. The lowest BCUT2D eigenvalue weighted by atomic mass is 10.1. The van der Waals surface area contributed by atoms with Crippen molar-refractivity contribution in [3.05, 3.63) is 54.1 Å². The smallest absolute Gasteiger partial charge is 0.253 e. The van der Waals surface area contributed by atoms with Gasteiger partial charge in [-0.25, -0.2) is 8.42 Å². The number of benzene rings is 2. The van der Waals surface area contributed by atoms with Crippen molar-refractivity contribution < 1.29 is 22.7 Å². The molecule has 0 aliphatic heterocycles. The van der Waals surface area contributed by atoms with Gasteiger partial charge in [-0.3, -0.25) is 13.9 Å². The topological polar surface area (TPSA) is 105 Å². The minimum absolute atomic E-state index is 0.0755. The Balaban J connectivity index is 2.41. The fourth-order valence-electron chi connectivity index (χ4n) is 3.15. The van der Waals surface area contributed by atoms with Crippen LogP contribution in [0.5, 0.6) is 5.75 Å². The zero-order chi connectivity index (χ0) is 23.2. The van der Waals surface area contributed by atoms with Crippen LogP contribution in [0.3, 0.4) is 0 Å². The quantitative estimate of drug-likeness (QED) is 0.615. The Bertz CT molecular complexity index is 1040. The molecule has 0 bridgehead atoms. The van der Waals surface area contributed by atoms with Crippen LogP contribution in [0.1, 0.15) is 37.6 Å². The molecule has 0 aromatic heterocycles. The average Bonchev–Trinajstić information content (AvgIpc) is 2.70. The molecule has 9 heteroatoms. The maximum atomic E-state index is 13.2. The number of carbonyl (C=O) groups excluding carboxylic acids is 2. The predicted octanol–water partition coefficient (Wildman–Crippen LogP) is 3.02. The summed E-state index contributed by atoms with van der Waals surface area (Å²) in [5, 5.41) is 5.52. The van der Waals surface area contributed by atoms with Crippen molar-refractivity contribution in [3.63, 3.8) is 0 Å². The fraction of sp³-hybridized carbons (Fsp3) is 0.364. The maximum absolute atomic E-state index is 13.2. The largest absolute Gasteiger partial charge is 0.497 e. The number of para-hydroxylation sites is 1. The van der Waals surface area contributed by atoms with E-state index in [2.05, 4.69) is 10.6 Å². The Morgan fingerprint density at radius 3 is 2.35 bits per heavy atom. The number of ether oxygens (including phenoxy) is 1. The molecule has 31 heavy (non-hydrogen) atoms. The molecule has 2 aromatic carbocycles. The van der Waals surface area contributed by atoms with Crippen LogP contribution in [0.25, 0.3) is 0 Å². The SMILES string of the molecule is CC[C@@H](C(=O)Nc1ccccc1C(=O)NC(C)C)N(c1cccc(OC)c1)S(C)(=O)=O. The van der Waals surface area contributed by atoms with Crippen LogP contribution in [0.4, 0.5) is 11.4 Å². The molecule has 2 rings (SSSR count). The monoisotopic (exact) mass is 447 g/mol. The van der Waals surface area contributed by atoms with E-state index in [4.69, 9.17) is 4.74 Å². The van der Waals surface area contributed by atoms with Crippen molar-refractivity contribution in [2.45, 2.75) is 39.3 Å². The second kappa shape index (κ2) is 10.3. The minimum atomic E-state index is -3.80. The number of hydrogen-bond donors (Lipinski definition) is 2. The molecule has 0 aliphatic carbocycles. The van der Waals surface area contributed by atoms with Crippen LogP contribution in [-0.4, -0.2) is 45.7 Å². The van der Waals surface area contributed by atoms with Crippen LogP contribution in [0.15, 0.2) is 48.5 Å². The molecule has 0 saturated carbocycles. The van der Waals surface area contributed by atoms with Crippen molar-refractivity contribution in [1.82, 2.24) is 5.32 Å². The molecule has 0 radical (unpaired) electrons. The van der Waals surface area contributed by atoms with Crippen LogP contribution in [-0.2, 0) is 14.8 Å². The summed E-state index contributed by atoms with van der Waals surface area (Å²) in [5.74, 6) is -0.399. The Kier molecular flexibility index (Phi) is 8.04. The van der Waals surface area contributed by atoms with Gasteiger partial charge in [-0.15, -0.1) is 0 Å². The number of nitrogens with zero attached hydrogens (tertiary/aromatic N) is 1. The summed E-state index contributed by atoms with van der Waals surface area (Å²) in [6.07, 6.45) is 1.27. The number of carbonyl (C=O) groups is 2. The van der Waals surface area contributed by atoms with Gasteiger partial charge in [0.1, 0.15) is 11.8 Å². The summed E-state index contributed by atoms with van der Waals surface area (Å²) in [6, 6.07) is 12.0. The predicted molar refractivity (Wildman–Crippen MR) is 122 cm³/mol.